The van der Waals surface area contributed by atoms with Gasteiger partial charge in [0.2, 0.25) is 0 Å². The van der Waals surface area contributed by atoms with Crippen molar-refractivity contribution >= 4 is 16.6 Å². The zero-order valence-electron chi connectivity index (χ0n) is 11.6. The van der Waals surface area contributed by atoms with Crippen molar-refractivity contribution in [3.8, 4) is 0 Å². The van der Waals surface area contributed by atoms with E-state index in [1.54, 1.807) is 7.11 Å². The molecule has 1 fully saturated rings. The van der Waals surface area contributed by atoms with Gasteiger partial charge in [0.1, 0.15) is 0 Å². The molecule has 3 rings (SSSR count). The molecular weight excluding hydrogens is 238 g/mol. The van der Waals surface area contributed by atoms with Crippen LogP contribution in [0.5, 0.6) is 0 Å². The Labute approximate surface area is 113 Å². The zero-order chi connectivity index (χ0) is 13.2. The molecule has 2 heterocycles. The first-order valence-electron chi connectivity index (χ1n) is 6.86. The van der Waals surface area contributed by atoms with E-state index in [4.69, 9.17) is 4.84 Å². The van der Waals surface area contributed by atoms with Gasteiger partial charge in [-0.1, -0.05) is 0 Å². The molecule has 1 saturated heterocycles. The Morgan fingerprint density at radius 3 is 2.74 bits per heavy atom. The molecule has 0 unspecified atom stereocenters. The lowest BCUT2D eigenvalue weighted by molar-refractivity contribution is 0.224. The Morgan fingerprint density at radius 2 is 2.00 bits per heavy atom. The van der Waals surface area contributed by atoms with Crippen LogP contribution in [0.1, 0.15) is 18.9 Å². The fourth-order valence-electron chi connectivity index (χ4n) is 2.94. The van der Waals surface area contributed by atoms with Crippen molar-refractivity contribution in [1.29, 1.82) is 0 Å². The van der Waals surface area contributed by atoms with E-state index in [0.717, 1.165) is 5.69 Å². The molecule has 1 aromatic carbocycles. The molecule has 1 aliphatic rings. The number of hydrogen-bond acceptors (Lipinski definition) is 3. The Balaban J connectivity index is 1.88. The molecule has 102 valence electrons. The summed E-state index contributed by atoms with van der Waals surface area (Å²) in [6.45, 7) is 2.38. The van der Waals surface area contributed by atoms with Crippen LogP contribution in [0, 0.1) is 0 Å². The van der Waals surface area contributed by atoms with Crippen LogP contribution in [0.25, 0.3) is 10.9 Å². The lowest BCUT2D eigenvalue weighted by Crippen LogP contribution is -2.31. The first kappa shape index (κ1) is 12.5. The number of likely N-dealkylation sites (tertiary alicyclic amines) is 1. The van der Waals surface area contributed by atoms with Crippen LogP contribution in [-0.4, -0.2) is 36.7 Å². The van der Waals surface area contributed by atoms with Gasteiger partial charge in [-0.3, -0.25) is 10.3 Å². The second-order valence-electron chi connectivity index (χ2n) is 5.34. The minimum atomic E-state index is 0.634. The van der Waals surface area contributed by atoms with Crippen LogP contribution < -0.4 is 5.48 Å². The van der Waals surface area contributed by atoms with E-state index in [1.165, 1.54) is 36.8 Å². The molecule has 1 aromatic heterocycles. The highest BCUT2D eigenvalue weighted by atomic mass is 16.6. The quantitative estimate of drug-likeness (QED) is 0.859. The molecule has 19 heavy (non-hydrogen) atoms. The second-order valence-corrected chi connectivity index (χ2v) is 5.34. The maximum Gasteiger partial charge on any atom is 0.0636 e. The van der Waals surface area contributed by atoms with Crippen LogP contribution in [-0.2, 0) is 4.84 Å². The molecule has 1 aliphatic heterocycles. The summed E-state index contributed by atoms with van der Waals surface area (Å²) in [5.41, 5.74) is 5.19. The van der Waals surface area contributed by atoms with Gasteiger partial charge in [0.15, 0.2) is 0 Å². The molecule has 4 heteroatoms. The third-order valence-electron chi connectivity index (χ3n) is 4.02. The van der Waals surface area contributed by atoms with Gasteiger partial charge in [0.25, 0.3) is 0 Å². The number of aromatic nitrogens is 1. The summed E-state index contributed by atoms with van der Waals surface area (Å²) in [5, 5.41) is 1.26. The molecule has 0 radical (unpaired) electrons. The van der Waals surface area contributed by atoms with Crippen molar-refractivity contribution < 1.29 is 4.84 Å². The molecule has 0 aliphatic carbocycles. The van der Waals surface area contributed by atoms with E-state index in [0.29, 0.717) is 6.04 Å². The number of anilines is 1. The van der Waals surface area contributed by atoms with Crippen molar-refractivity contribution in [2.45, 2.75) is 18.9 Å². The predicted octanol–water partition coefficient (Wildman–Crippen LogP) is 2.88. The summed E-state index contributed by atoms with van der Waals surface area (Å²) >= 11 is 0. The Morgan fingerprint density at radius 1 is 1.21 bits per heavy atom. The predicted molar refractivity (Wildman–Crippen MR) is 78.3 cm³/mol. The van der Waals surface area contributed by atoms with Crippen LogP contribution in [0.3, 0.4) is 0 Å². The van der Waals surface area contributed by atoms with Gasteiger partial charge in [-0.25, -0.2) is 0 Å². The topological polar surface area (TPSA) is 29.4 Å². The number of fused-ring (bicyclic) bond motifs is 1. The molecule has 1 N–H and O–H groups in total. The summed E-state index contributed by atoms with van der Waals surface area (Å²) in [7, 11) is 3.83. The molecule has 0 amide bonds. The van der Waals surface area contributed by atoms with Crippen molar-refractivity contribution in [3.63, 3.8) is 0 Å². The SMILES string of the molecule is CONc1ccc2c(ccn2C2CCN(C)CC2)c1. The fourth-order valence-corrected chi connectivity index (χ4v) is 2.94. The third kappa shape index (κ3) is 2.46. The van der Waals surface area contributed by atoms with Crippen LogP contribution in [0.4, 0.5) is 5.69 Å². The van der Waals surface area contributed by atoms with Gasteiger partial charge in [-0.15, -0.1) is 0 Å². The summed E-state index contributed by atoms with van der Waals surface area (Å²) in [6, 6.07) is 9.19. The molecule has 4 nitrogen and oxygen atoms in total. The Kier molecular flexibility index (Phi) is 3.44. The monoisotopic (exact) mass is 259 g/mol. The van der Waals surface area contributed by atoms with Crippen LogP contribution in [0.15, 0.2) is 30.5 Å². The smallest absolute Gasteiger partial charge is 0.0636 e. The van der Waals surface area contributed by atoms with Crippen molar-refractivity contribution in [3.05, 3.63) is 30.5 Å². The number of piperidine rings is 1. The minimum Gasteiger partial charge on any atom is -0.344 e. The van der Waals surface area contributed by atoms with Crippen LogP contribution >= 0.6 is 0 Å². The van der Waals surface area contributed by atoms with Crippen molar-refractivity contribution in [2.75, 3.05) is 32.7 Å². The van der Waals surface area contributed by atoms with Gasteiger partial charge < -0.3 is 9.47 Å². The van der Waals surface area contributed by atoms with Crippen molar-refractivity contribution in [1.82, 2.24) is 9.47 Å². The molecular formula is C15H21N3O. The van der Waals surface area contributed by atoms with E-state index >= 15 is 0 Å². The van der Waals surface area contributed by atoms with Gasteiger partial charge >= 0.3 is 0 Å². The highest BCUT2D eigenvalue weighted by molar-refractivity contribution is 5.83. The largest absolute Gasteiger partial charge is 0.344 e. The molecule has 2 aromatic rings. The van der Waals surface area contributed by atoms with Crippen LogP contribution in [0.2, 0.25) is 0 Å². The standard InChI is InChI=1S/C15H21N3O/c1-17-8-6-14(7-9-17)18-10-5-12-11-13(16-19-2)3-4-15(12)18/h3-5,10-11,14,16H,6-9H2,1-2H3. The van der Waals surface area contributed by atoms with E-state index in [1.807, 2.05) is 0 Å². The first-order valence-corrected chi connectivity index (χ1v) is 6.86. The average molecular weight is 259 g/mol. The van der Waals surface area contributed by atoms with E-state index < -0.39 is 0 Å². The molecule has 0 spiro atoms. The lowest BCUT2D eigenvalue weighted by atomic mass is 10.1. The fraction of sp³-hybridized carbons (Fsp3) is 0.467. The average Bonchev–Trinajstić information content (AvgIpc) is 2.83. The summed E-state index contributed by atoms with van der Waals surface area (Å²) < 4.78 is 2.43. The van der Waals surface area contributed by atoms with Gasteiger partial charge in [0.05, 0.1) is 12.8 Å². The molecule has 0 saturated carbocycles. The van der Waals surface area contributed by atoms with E-state index in [2.05, 4.69) is 52.5 Å². The normalized spacial score (nSPS) is 18.0. The van der Waals surface area contributed by atoms with Crippen molar-refractivity contribution in [2.24, 2.45) is 0 Å². The number of benzene rings is 1. The molecule has 0 bridgehead atoms. The maximum absolute atomic E-state index is 4.95. The first-order chi connectivity index (χ1) is 9.28. The number of rotatable bonds is 3. The number of nitrogens with zero attached hydrogens (tertiary/aromatic N) is 2. The van der Waals surface area contributed by atoms with Gasteiger partial charge in [-0.05, 0) is 57.2 Å². The highest BCUT2D eigenvalue weighted by Crippen LogP contribution is 2.28. The lowest BCUT2D eigenvalue weighted by Gasteiger charge is -2.30. The van der Waals surface area contributed by atoms with E-state index in [9.17, 15) is 0 Å². The van der Waals surface area contributed by atoms with E-state index in [-0.39, 0.29) is 0 Å². The number of nitrogens with one attached hydrogen (secondary N) is 1. The summed E-state index contributed by atoms with van der Waals surface area (Å²) in [6.07, 6.45) is 4.69. The number of hydrogen-bond donors (Lipinski definition) is 1. The summed E-state index contributed by atoms with van der Waals surface area (Å²) in [5.74, 6) is 0. The van der Waals surface area contributed by atoms with Gasteiger partial charge in [-0.2, -0.15) is 0 Å². The minimum absolute atomic E-state index is 0.634. The molecule has 0 atom stereocenters. The Bertz CT molecular complexity index is 556. The highest BCUT2D eigenvalue weighted by Gasteiger charge is 2.19. The summed E-state index contributed by atoms with van der Waals surface area (Å²) in [4.78, 5) is 7.35. The third-order valence-corrected chi connectivity index (χ3v) is 4.02. The Hall–Kier alpha value is -1.52. The van der Waals surface area contributed by atoms with Gasteiger partial charge in [0, 0.05) is 23.1 Å². The zero-order valence-corrected chi connectivity index (χ0v) is 11.6. The second kappa shape index (κ2) is 5.23. The maximum atomic E-state index is 4.95.